The quantitative estimate of drug-likeness (QED) is 0.683. The summed E-state index contributed by atoms with van der Waals surface area (Å²) < 4.78 is 4.87. The van der Waals surface area contributed by atoms with Gasteiger partial charge in [0.15, 0.2) is 0 Å². The molecule has 1 amide bonds. The molecule has 0 aliphatic heterocycles. The summed E-state index contributed by atoms with van der Waals surface area (Å²) in [5.74, 6) is -0.642. The third kappa shape index (κ3) is 4.94. The van der Waals surface area contributed by atoms with E-state index in [1.54, 1.807) is 0 Å². The van der Waals surface area contributed by atoms with E-state index in [1.165, 1.54) is 7.11 Å². The van der Waals surface area contributed by atoms with E-state index in [0.717, 1.165) is 27.5 Å². The van der Waals surface area contributed by atoms with Gasteiger partial charge in [-0.3, -0.25) is 4.79 Å². The first kappa shape index (κ1) is 18.6. The van der Waals surface area contributed by atoms with Crippen molar-refractivity contribution in [3.63, 3.8) is 0 Å². The molecule has 4 nitrogen and oxygen atoms in total. The lowest BCUT2D eigenvalue weighted by molar-refractivity contribution is -0.145. The molecule has 1 atom stereocenters. The molecule has 0 aliphatic rings. The Balaban J connectivity index is 1.70. The molecule has 0 fully saturated rings. The van der Waals surface area contributed by atoms with Crippen LogP contribution in [0.3, 0.4) is 0 Å². The summed E-state index contributed by atoms with van der Waals surface area (Å²) >= 11 is 0. The van der Waals surface area contributed by atoms with E-state index in [2.05, 4.69) is 5.32 Å². The van der Waals surface area contributed by atoms with Crippen LogP contribution in [0.4, 0.5) is 0 Å². The number of carbonyl (C=O) groups excluding carboxylic acids is 2. The van der Waals surface area contributed by atoms with Crippen LogP contribution >= 0.6 is 0 Å². The van der Waals surface area contributed by atoms with Crippen LogP contribution in [0.1, 0.15) is 16.7 Å². The van der Waals surface area contributed by atoms with Crippen molar-refractivity contribution in [3.8, 4) is 0 Å². The third-order valence-electron chi connectivity index (χ3n) is 4.52. The Morgan fingerprint density at radius 3 is 2.44 bits per heavy atom. The number of fused-ring (bicyclic) bond motifs is 1. The fourth-order valence-corrected chi connectivity index (χ4v) is 3.19. The van der Waals surface area contributed by atoms with Crippen LogP contribution < -0.4 is 5.32 Å². The van der Waals surface area contributed by atoms with E-state index >= 15 is 0 Å². The average Bonchev–Trinajstić information content (AvgIpc) is 2.66. The Labute approximate surface area is 159 Å². The van der Waals surface area contributed by atoms with Gasteiger partial charge >= 0.3 is 5.97 Å². The Morgan fingerprint density at radius 1 is 0.926 bits per heavy atom. The Hall–Kier alpha value is -3.14. The van der Waals surface area contributed by atoms with E-state index in [0.29, 0.717) is 6.42 Å². The van der Waals surface area contributed by atoms with Crippen molar-refractivity contribution in [2.45, 2.75) is 25.8 Å². The first-order valence-corrected chi connectivity index (χ1v) is 8.95. The molecule has 0 saturated carbocycles. The van der Waals surface area contributed by atoms with Crippen LogP contribution in [0.25, 0.3) is 10.8 Å². The molecular formula is C23H23NO3. The first-order chi connectivity index (χ1) is 13.0. The number of carbonyl (C=O) groups is 2. The molecular weight excluding hydrogens is 338 g/mol. The maximum absolute atomic E-state index is 12.5. The molecule has 3 aromatic carbocycles. The summed E-state index contributed by atoms with van der Waals surface area (Å²) in [6.07, 6.45) is 0.615. The number of aryl methyl sites for hydroxylation is 1. The summed E-state index contributed by atoms with van der Waals surface area (Å²) in [6, 6.07) is 21.1. The van der Waals surface area contributed by atoms with E-state index in [9.17, 15) is 9.59 Å². The summed E-state index contributed by atoms with van der Waals surface area (Å²) in [6.45, 7) is 1.99. The highest BCUT2D eigenvalue weighted by Crippen LogP contribution is 2.16. The summed E-state index contributed by atoms with van der Waals surface area (Å²) in [7, 11) is 1.33. The maximum Gasteiger partial charge on any atom is 0.328 e. The van der Waals surface area contributed by atoms with Crippen molar-refractivity contribution >= 4 is 22.6 Å². The molecule has 27 heavy (non-hydrogen) atoms. The summed E-state index contributed by atoms with van der Waals surface area (Å²) in [5, 5.41) is 5.04. The van der Waals surface area contributed by atoms with Crippen LogP contribution in [0.5, 0.6) is 0 Å². The fraction of sp³-hybridized carbons (Fsp3) is 0.217. The number of nitrogens with one attached hydrogen (secondary N) is 1. The topological polar surface area (TPSA) is 55.4 Å². The average molecular weight is 361 g/mol. The van der Waals surface area contributed by atoms with Gasteiger partial charge in [0.25, 0.3) is 0 Å². The lowest BCUT2D eigenvalue weighted by Gasteiger charge is -2.17. The zero-order valence-electron chi connectivity index (χ0n) is 15.6. The standard InChI is InChI=1S/C23H23NO3/c1-16-6-5-7-17(12-16)14-21(23(26)27-2)24-22(25)15-18-10-11-19-8-3-4-9-20(19)13-18/h3-13,21H,14-15H2,1-2H3,(H,24,25)/t21-/m1/s1. The van der Waals surface area contributed by atoms with Crippen molar-refractivity contribution in [1.29, 1.82) is 0 Å². The van der Waals surface area contributed by atoms with Crippen molar-refractivity contribution in [3.05, 3.63) is 83.4 Å². The number of methoxy groups -OCH3 is 1. The second-order valence-electron chi connectivity index (χ2n) is 6.69. The largest absolute Gasteiger partial charge is 0.467 e. The Bertz CT molecular complexity index is 965. The zero-order valence-corrected chi connectivity index (χ0v) is 15.6. The van der Waals surface area contributed by atoms with Gasteiger partial charge in [-0.1, -0.05) is 72.3 Å². The van der Waals surface area contributed by atoms with Gasteiger partial charge in [-0.25, -0.2) is 4.79 Å². The molecule has 3 rings (SSSR count). The van der Waals surface area contributed by atoms with E-state index in [4.69, 9.17) is 4.74 Å². The number of esters is 1. The molecule has 138 valence electrons. The molecule has 0 spiro atoms. The number of benzene rings is 3. The van der Waals surface area contributed by atoms with Crippen LogP contribution in [0, 0.1) is 6.92 Å². The second kappa shape index (κ2) is 8.49. The van der Waals surface area contributed by atoms with Crippen molar-refractivity contribution in [2.24, 2.45) is 0 Å². The molecule has 0 heterocycles. The van der Waals surface area contributed by atoms with Crippen molar-refractivity contribution < 1.29 is 14.3 Å². The number of hydrogen-bond donors (Lipinski definition) is 1. The highest BCUT2D eigenvalue weighted by atomic mass is 16.5. The van der Waals surface area contributed by atoms with Gasteiger partial charge in [0, 0.05) is 6.42 Å². The van der Waals surface area contributed by atoms with E-state index in [-0.39, 0.29) is 12.3 Å². The van der Waals surface area contributed by atoms with Gasteiger partial charge in [-0.15, -0.1) is 0 Å². The fourth-order valence-electron chi connectivity index (χ4n) is 3.19. The minimum atomic E-state index is -0.704. The molecule has 0 saturated heterocycles. The molecule has 0 radical (unpaired) electrons. The number of amides is 1. The van der Waals surface area contributed by atoms with Crippen LogP contribution in [-0.4, -0.2) is 25.0 Å². The second-order valence-corrected chi connectivity index (χ2v) is 6.69. The molecule has 0 aliphatic carbocycles. The maximum atomic E-state index is 12.5. The monoisotopic (exact) mass is 361 g/mol. The number of hydrogen-bond acceptors (Lipinski definition) is 3. The van der Waals surface area contributed by atoms with Gasteiger partial charge in [-0.05, 0) is 28.8 Å². The lowest BCUT2D eigenvalue weighted by atomic mass is 10.0. The highest BCUT2D eigenvalue weighted by molar-refractivity contribution is 5.88. The van der Waals surface area contributed by atoms with Crippen LogP contribution in [0.15, 0.2) is 66.7 Å². The van der Waals surface area contributed by atoms with E-state index < -0.39 is 12.0 Å². The molecule has 1 N–H and O–H groups in total. The molecule has 3 aromatic rings. The van der Waals surface area contributed by atoms with Crippen LogP contribution in [-0.2, 0) is 27.2 Å². The predicted octanol–water partition coefficient (Wildman–Crippen LogP) is 3.59. The third-order valence-corrected chi connectivity index (χ3v) is 4.52. The molecule has 0 aromatic heterocycles. The number of rotatable bonds is 6. The summed E-state index contributed by atoms with van der Waals surface area (Å²) in [4.78, 5) is 24.6. The lowest BCUT2D eigenvalue weighted by Crippen LogP contribution is -2.43. The van der Waals surface area contributed by atoms with Crippen molar-refractivity contribution in [2.75, 3.05) is 7.11 Å². The SMILES string of the molecule is COC(=O)[C@@H](Cc1cccc(C)c1)NC(=O)Cc1ccc2ccccc2c1. The smallest absolute Gasteiger partial charge is 0.328 e. The van der Waals surface area contributed by atoms with E-state index in [1.807, 2.05) is 73.7 Å². The van der Waals surface area contributed by atoms with Crippen LogP contribution in [0.2, 0.25) is 0 Å². The van der Waals surface area contributed by atoms with Crippen molar-refractivity contribution in [1.82, 2.24) is 5.32 Å². The Kier molecular flexibility index (Phi) is 5.87. The zero-order chi connectivity index (χ0) is 19.2. The normalized spacial score (nSPS) is 11.8. The first-order valence-electron chi connectivity index (χ1n) is 8.95. The number of ether oxygens (including phenoxy) is 1. The predicted molar refractivity (Wildman–Crippen MR) is 106 cm³/mol. The molecule has 4 heteroatoms. The van der Waals surface area contributed by atoms with Gasteiger partial charge in [0.05, 0.1) is 13.5 Å². The minimum absolute atomic E-state index is 0.201. The van der Waals surface area contributed by atoms with Gasteiger partial charge in [0.2, 0.25) is 5.91 Å². The molecule has 0 bridgehead atoms. The highest BCUT2D eigenvalue weighted by Gasteiger charge is 2.22. The minimum Gasteiger partial charge on any atom is -0.467 e. The molecule has 0 unspecified atom stereocenters. The Morgan fingerprint density at radius 2 is 1.70 bits per heavy atom. The van der Waals surface area contributed by atoms with Gasteiger partial charge in [0.1, 0.15) is 6.04 Å². The van der Waals surface area contributed by atoms with Gasteiger partial charge < -0.3 is 10.1 Å². The van der Waals surface area contributed by atoms with Gasteiger partial charge in [-0.2, -0.15) is 0 Å². The summed E-state index contributed by atoms with van der Waals surface area (Å²) in [5.41, 5.74) is 3.00.